The highest BCUT2D eigenvalue weighted by Crippen LogP contribution is 2.30. The second-order valence-electron chi connectivity index (χ2n) is 4.95. The molecule has 1 amide bonds. The number of carbonyl (C=O) groups excluding carboxylic acids is 1. The standard InChI is InChI=1S/C17H13ClN2O/c1-10-2-7-13-14(11-3-5-12(18)6-4-11)9-16(17(19)21)20-15(13)8-10/h2-9H,1H3,(H2,19,21). The lowest BCUT2D eigenvalue weighted by Crippen LogP contribution is -2.13. The maximum Gasteiger partial charge on any atom is 0.267 e. The van der Waals surface area contributed by atoms with Crippen LogP contribution in [-0.2, 0) is 0 Å². The average molecular weight is 297 g/mol. The molecule has 0 atom stereocenters. The number of primary amides is 1. The van der Waals surface area contributed by atoms with Gasteiger partial charge in [-0.1, -0.05) is 35.9 Å². The zero-order valence-electron chi connectivity index (χ0n) is 11.4. The van der Waals surface area contributed by atoms with Crippen LogP contribution in [0.5, 0.6) is 0 Å². The maximum absolute atomic E-state index is 11.5. The minimum atomic E-state index is -0.534. The molecule has 104 valence electrons. The van der Waals surface area contributed by atoms with Crippen molar-refractivity contribution in [2.75, 3.05) is 0 Å². The number of rotatable bonds is 2. The SMILES string of the molecule is Cc1ccc2c(-c3ccc(Cl)cc3)cc(C(N)=O)nc2c1. The molecule has 1 heterocycles. The van der Waals surface area contributed by atoms with Crippen molar-refractivity contribution in [3.05, 3.63) is 64.8 Å². The lowest BCUT2D eigenvalue weighted by atomic mass is 9.99. The fraction of sp³-hybridized carbons (Fsp3) is 0.0588. The molecule has 0 aliphatic carbocycles. The number of halogens is 1. The first-order chi connectivity index (χ1) is 10.0. The van der Waals surface area contributed by atoms with Crippen LogP contribution in [0.25, 0.3) is 22.0 Å². The van der Waals surface area contributed by atoms with Crippen LogP contribution in [0.2, 0.25) is 5.02 Å². The average Bonchev–Trinajstić information content (AvgIpc) is 2.46. The topological polar surface area (TPSA) is 56.0 Å². The van der Waals surface area contributed by atoms with Gasteiger partial charge in [0.1, 0.15) is 5.69 Å². The van der Waals surface area contributed by atoms with Crippen LogP contribution in [0, 0.1) is 6.92 Å². The van der Waals surface area contributed by atoms with Gasteiger partial charge in [-0.25, -0.2) is 4.98 Å². The Morgan fingerprint density at radius 3 is 2.48 bits per heavy atom. The molecule has 4 heteroatoms. The van der Waals surface area contributed by atoms with E-state index in [2.05, 4.69) is 4.98 Å². The summed E-state index contributed by atoms with van der Waals surface area (Å²) < 4.78 is 0. The van der Waals surface area contributed by atoms with Crippen LogP contribution in [0.4, 0.5) is 0 Å². The number of carbonyl (C=O) groups is 1. The van der Waals surface area contributed by atoms with Crippen molar-refractivity contribution < 1.29 is 4.79 Å². The predicted octanol–water partition coefficient (Wildman–Crippen LogP) is 3.96. The molecule has 0 bridgehead atoms. The van der Waals surface area contributed by atoms with E-state index < -0.39 is 5.91 Å². The van der Waals surface area contributed by atoms with E-state index >= 15 is 0 Å². The van der Waals surface area contributed by atoms with Crippen molar-refractivity contribution in [2.24, 2.45) is 5.73 Å². The maximum atomic E-state index is 11.5. The summed E-state index contributed by atoms with van der Waals surface area (Å²) in [5.74, 6) is -0.534. The van der Waals surface area contributed by atoms with E-state index in [-0.39, 0.29) is 5.69 Å². The molecule has 0 saturated heterocycles. The van der Waals surface area contributed by atoms with Gasteiger partial charge in [-0.3, -0.25) is 4.79 Å². The van der Waals surface area contributed by atoms with Crippen LogP contribution in [0.15, 0.2) is 48.5 Å². The van der Waals surface area contributed by atoms with E-state index in [9.17, 15) is 4.79 Å². The molecule has 0 spiro atoms. The third-order valence-electron chi connectivity index (χ3n) is 3.37. The Morgan fingerprint density at radius 2 is 1.81 bits per heavy atom. The van der Waals surface area contributed by atoms with E-state index in [0.717, 1.165) is 27.6 Å². The van der Waals surface area contributed by atoms with Crippen molar-refractivity contribution in [1.29, 1.82) is 0 Å². The monoisotopic (exact) mass is 296 g/mol. The molecule has 0 aliphatic rings. The number of nitrogens with two attached hydrogens (primary N) is 1. The second-order valence-corrected chi connectivity index (χ2v) is 5.38. The zero-order valence-corrected chi connectivity index (χ0v) is 12.2. The van der Waals surface area contributed by atoms with E-state index in [1.54, 1.807) is 6.07 Å². The van der Waals surface area contributed by atoms with Crippen LogP contribution in [0.3, 0.4) is 0 Å². The van der Waals surface area contributed by atoms with E-state index in [1.165, 1.54) is 0 Å². The van der Waals surface area contributed by atoms with E-state index in [1.807, 2.05) is 49.4 Å². The molecule has 2 aromatic carbocycles. The lowest BCUT2D eigenvalue weighted by molar-refractivity contribution is 0.0996. The lowest BCUT2D eigenvalue weighted by Gasteiger charge is -2.09. The Morgan fingerprint density at radius 1 is 1.10 bits per heavy atom. The summed E-state index contributed by atoms with van der Waals surface area (Å²) in [6, 6.07) is 15.2. The van der Waals surface area contributed by atoms with Gasteiger partial charge in [-0.15, -0.1) is 0 Å². The number of pyridine rings is 1. The van der Waals surface area contributed by atoms with E-state index in [0.29, 0.717) is 5.02 Å². The first-order valence-corrected chi connectivity index (χ1v) is 6.89. The normalized spacial score (nSPS) is 10.8. The molecule has 1 aromatic heterocycles. The molecule has 0 unspecified atom stereocenters. The molecule has 0 fully saturated rings. The highest BCUT2D eigenvalue weighted by molar-refractivity contribution is 6.30. The van der Waals surface area contributed by atoms with Crippen molar-refractivity contribution in [3.63, 3.8) is 0 Å². The predicted molar refractivity (Wildman–Crippen MR) is 85.4 cm³/mol. The summed E-state index contributed by atoms with van der Waals surface area (Å²) in [4.78, 5) is 15.8. The van der Waals surface area contributed by atoms with Crippen LogP contribution in [-0.4, -0.2) is 10.9 Å². The zero-order chi connectivity index (χ0) is 15.0. The highest BCUT2D eigenvalue weighted by Gasteiger charge is 2.11. The van der Waals surface area contributed by atoms with Crippen molar-refractivity contribution >= 4 is 28.4 Å². The molecule has 0 aliphatic heterocycles. The van der Waals surface area contributed by atoms with Crippen LogP contribution < -0.4 is 5.73 Å². The minimum absolute atomic E-state index is 0.262. The van der Waals surface area contributed by atoms with Crippen molar-refractivity contribution in [1.82, 2.24) is 4.98 Å². The molecular weight excluding hydrogens is 284 g/mol. The Balaban J connectivity index is 2.33. The summed E-state index contributed by atoms with van der Waals surface area (Å²) in [6.45, 7) is 1.99. The minimum Gasteiger partial charge on any atom is -0.364 e. The molecule has 21 heavy (non-hydrogen) atoms. The highest BCUT2D eigenvalue weighted by atomic mass is 35.5. The summed E-state index contributed by atoms with van der Waals surface area (Å²) >= 11 is 5.93. The molecule has 0 saturated carbocycles. The number of aryl methyl sites for hydroxylation is 1. The Kier molecular flexibility index (Phi) is 3.35. The molecule has 3 aromatic rings. The van der Waals surface area contributed by atoms with Gasteiger partial charge in [0, 0.05) is 10.4 Å². The van der Waals surface area contributed by atoms with Gasteiger partial charge in [0.25, 0.3) is 5.91 Å². The van der Waals surface area contributed by atoms with Crippen LogP contribution in [0.1, 0.15) is 16.1 Å². The summed E-state index contributed by atoms with van der Waals surface area (Å²) in [5, 5.41) is 1.65. The van der Waals surface area contributed by atoms with Crippen molar-refractivity contribution in [3.8, 4) is 11.1 Å². The Bertz CT molecular complexity index is 841. The van der Waals surface area contributed by atoms with Gasteiger partial charge in [0.15, 0.2) is 0 Å². The van der Waals surface area contributed by atoms with Gasteiger partial charge < -0.3 is 5.73 Å². The number of aromatic nitrogens is 1. The number of amides is 1. The van der Waals surface area contributed by atoms with Gasteiger partial charge in [0.2, 0.25) is 0 Å². The molecular formula is C17H13ClN2O. The van der Waals surface area contributed by atoms with Crippen molar-refractivity contribution in [2.45, 2.75) is 6.92 Å². The molecule has 0 radical (unpaired) electrons. The first-order valence-electron chi connectivity index (χ1n) is 6.52. The molecule has 3 rings (SSSR count). The number of hydrogen-bond acceptors (Lipinski definition) is 2. The third-order valence-corrected chi connectivity index (χ3v) is 3.63. The summed E-state index contributed by atoms with van der Waals surface area (Å²) in [6.07, 6.45) is 0. The van der Waals surface area contributed by atoms with Gasteiger partial charge in [-0.2, -0.15) is 0 Å². The number of fused-ring (bicyclic) bond motifs is 1. The third kappa shape index (κ3) is 2.60. The van der Waals surface area contributed by atoms with Gasteiger partial charge in [-0.05, 0) is 47.9 Å². The van der Waals surface area contributed by atoms with Gasteiger partial charge >= 0.3 is 0 Å². The molecule has 3 nitrogen and oxygen atoms in total. The molecule has 2 N–H and O–H groups in total. The fourth-order valence-corrected chi connectivity index (χ4v) is 2.46. The van der Waals surface area contributed by atoms with E-state index in [4.69, 9.17) is 17.3 Å². The largest absolute Gasteiger partial charge is 0.364 e. The summed E-state index contributed by atoms with van der Waals surface area (Å²) in [5.41, 5.74) is 9.39. The fourth-order valence-electron chi connectivity index (χ4n) is 2.33. The second kappa shape index (κ2) is 5.19. The van der Waals surface area contributed by atoms with Crippen LogP contribution >= 0.6 is 11.6 Å². The Hall–Kier alpha value is -2.39. The van der Waals surface area contributed by atoms with Gasteiger partial charge in [0.05, 0.1) is 5.52 Å². The quantitative estimate of drug-likeness (QED) is 0.778. The number of nitrogens with zero attached hydrogens (tertiary/aromatic N) is 1. The number of benzene rings is 2. The first kappa shape index (κ1) is 13.6. The number of hydrogen-bond donors (Lipinski definition) is 1. The Labute approximate surface area is 127 Å². The summed E-state index contributed by atoms with van der Waals surface area (Å²) in [7, 11) is 0. The smallest absolute Gasteiger partial charge is 0.267 e.